The van der Waals surface area contributed by atoms with Crippen molar-refractivity contribution in [1.82, 2.24) is 14.2 Å². The van der Waals surface area contributed by atoms with Crippen molar-refractivity contribution in [3.63, 3.8) is 0 Å². The van der Waals surface area contributed by atoms with Crippen LogP contribution in [0, 0.1) is 0 Å². The van der Waals surface area contributed by atoms with Crippen molar-refractivity contribution in [2.45, 2.75) is 44.4 Å². The monoisotopic (exact) mass is 652 g/mol. The van der Waals surface area contributed by atoms with Gasteiger partial charge in [-0.2, -0.15) is 30.9 Å². The lowest BCUT2D eigenvalue weighted by atomic mass is 9.99. The Morgan fingerprint density at radius 1 is 0.783 bits per heavy atom. The highest BCUT2D eigenvalue weighted by Crippen LogP contribution is 2.44. The van der Waals surface area contributed by atoms with E-state index in [1.54, 1.807) is 18.2 Å². The topological polar surface area (TPSA) is 99.1 Å². The van der Waals surface area contributed by atoms with E-state index in [9.17, 15) is 40.7 Å². The van der Waals surface area contributed by atoms with Crippen molar-refractivity contribution in [3.8, 4) is 17.2 Å². The fourth-order valence-electron chi connectivity index (χ4n) is 5.36. The lowest BCUT2D eigenvalue weighted by Gasteiger charge is -2.34. The van der Waals surface area contributed by atoms with Gasteiger partial charge in [0.25, 0.3) is 0 Å². The molecule has 0 radical (unpaired) electrons. The normalized spacial score (nSPS) is 16.7. The van der Waals surface area contributed by atoms with Crippen LogP contribution in [0.1, 0.15) is 36.7 Å². The van der Waals surface area contributed by atoms with Gasteiger partial charge in [-0.1, -0.05) is 12.1 Å². The van der Waals surface area contributed by atoms with Gasteiger partial charge < -0.3 is 18.9 Å². The molecule has 16 heteroatoms. The van der Waals surface area contributed by atoms with E-state index in [1.807, 2.05) is 0 Å². The van der Waals surface area contributed by atoms with Crippen LogP contribution in [0.25, 0.3) is 5.69 Å². The summed E-state index contributed by atoms with van der Waals surface area (Å²) in [6.45, 7) is 2.82. The number of alkyl halides is 6. The Morgan fingerprint density at radius 2 is 1.30 bits per heavy atom. The van der Waals surface area contributed by atoms with E-state index in [1.165, 1.54) is 39.0 Å². The van der Waals surface area contributed by atoms with Gasteiger partial charge in [-0.15, -0.1) is 4.74 Å². The van der Waals surface area contributed by atoms with Gasteiger partial charge in [0.15, 0.2) is 6.17 Å². The maximum Gasteiger partial charge on any atom is 0.447 e. The number of amides is 2. The molecule has 1 aromatic heterocycles. The number of halogens is 6. The minimum absolute atomic E-state index is 0.168. The number of nitrogens with zero attached hydrogens (tertiary/aromatic N) is 4. The largest absolute Gasteiger partial charge is 0.497 e. The average molecular weight is 653 g/mol. The van der Waals surface area contributed by atoms with Crippen LogP contribution in [0.15, 0.2) is 80.8 Å². The Kier molecular flexibility index (Phi) is 7.95. The quantitative estimate of drug-likeness (QED) is 0.225. The lowest BCUT2D eigenvalue weighted by molar-refractivity contribution is -0.138. The van der Waals surface area contributed by atoms with Gasteiger partial charge in [0, 0.05) is 18.3 Å². The van der Waals surface area contributed by atoms with Crippen molar-refractivity contribution in [3.05, 3.63) is 104 Å². The zero-order chi connectivity index (χ0) is 33.8. The van der Waals surface area contributed by atoms with E-state index < -0.39 is 58.3 Å². The van der Waals surface area contributed by atoms with Crippen LogP contribution >= 0.6 is 0 Å². The van der Waals surface area contributed by atoms with E-state index in [0.29, 0.717) is 38.5 Å². The Hall–Kier alpha value is -5.15. The number of methoxy groups -OCH3 is 2. The minimum atomic E-state index is -4.80. The van der Waals surface area contributed by atoms with Crippen LogP contribution < -0.4 is 25.8 Å². The maximum absolute atomic E-state index is 14.1. The number of urea groups is 1. The van der Waals surface area contributed by atoms with E-state index >= 15 is 0 Å². The fourth-order valence-corrected chi connectivity index (χ4v) is 5.36. The van der Waals surface area contributed by atoms with Crippen LogP contribution in [0.3, 0.4) is 0 Å². The first-order valence-electron chi connectivity index (χ1n) is 13.5. The molecule has 0 aliphatic carbocycles. The van der Waals surface area contributed by atoms with E-state index in [2.05, 4.69) is 0 Å². The summed E-state index contributed by atoms with van der Waals surface area (Å²) in [6.07, 6.45) is -11.2. The molecule has 1 fully saturated rings. The summed E-state index contributed by atoms with van der Waals surface area (Å²) in [5, 5.41) is 0. The van der Waals surface area contributed by atoms with Crippen LogP contribution in [0.4, 0.5) is 36.8 Å². The summed E-state index contributed by atoms with van der Waals surface area (Å²) in [7, 11) is 2.83. The predicted molar refractivity (Wildman–Crippen MR) is 151 cm³/mol. The number of carbonyl (C=O) groups is 1. The number of hydrogen-bond acceptors (Lipinski definition) is 6. The molecule has 1 saturated heterocycles. The lowest BCUT2D eigenvalue weighted by Crippen LogP contribution is -2.46. The number of aromatic nitrogens is 2. The molecule has 0 bridgehead atoms. The Labute approximate surface area is 256 Å². The maximum atomic E-state index is 14.1. The van der Waals surface area contributed by atoms with Crippen molar-refractivity contribution >= 4 is 11.7 Å². The highest BCUT2D eigenvalue weighted by molar-refractivity contribution is 5.95. The number of benzene rings is 3. The summed E-state index contributed by atoms with van der Waals surface area (Å²) in [6, 6.07) is 11.1. The third-order valence-electron chi connectivity index (χ3n) is 7.61. The average Bonchev–Trinajstić information content (AvgIpc) is 3.39. The Morgan fingerprint density at radius 3 is 1.83 bits per heavy atom. The zero-order valence-electron chi connectivity index (χ0n) is 24.6. The van der Waals surface area contributed by atoms with Gasteiger partial charge in [0.05, 0.1) is 36.6 Å². The number of ether oxygens (including phenoxy) is 2. The molecule has 3 aromatic carbocycles. The number of rotatable bonds is 7. The fraction of sp³-hybridized carbons (Fsp3) is 0.300. The van der Waals surface area contributed by atoms with Crippen LogP contribution in [0.2, 0.25) is 0 Å². The van der Waals surface area contributed by atoms with Crippen LogP contribution in [0.5, 0.6) is 11.5 Å². The summed E-state index contributed by atoms with van der Waals surface area (Å²) in [5.74, 6) is -0.622. The third kappa shape index (κ3) is 5.70. The van der Waals surface area contributed by atoms with Gasteiger partial charge in [0.1, 0.15) is 11.5 Å². The zero-order valence-corrected chi connectivity index (χ0v) is 24.6. The Balaban J connectivity index is 1.69. The molecule has 1 aliphatic rings. The minimum Gasteiger partial charge on any atom is -0.497 e. The van der Waals surface area contributed by atoms with Crippen molar-refractivity contribution < 1.29 is 45.1 Å². The SMILES string of the molecule is COc1cc(CN2C(=O)N(c3cccc(C(F)(F)F)c3)C(n3oc(=O)n(-c4cccc(C(F)(F)F)c4)c3=O)C2(C)C)cc(OC)c1. The molecule has 1 atom stereocenters. The molecule has 10 nitrogen and oxygen atoms in total. The number of anilines is 1. The molecule has 5 rings (SSSR count). The summed E-state index contributed by atoms with van der Waals surface area (Å²) < 4.78 is 98.1. The Bertz CT molecular complexity index is 1890. The molecular formula is C30H26F6N4O6. The molecule has 46 heavy (non-hydrogen) atoms. The first kappa shape index (κ1) is 32.2. The molecule has 0 spiro atoms. The van der Waals surface area contributed by atoms with Crippen molar-refractivity contribution in [2.24, 2.45) is 0 Å². The molecule has 1 aliphatic heterocycles. The van der Waals surface area contributed by atoms with Crippen molar-refractivity contribution in [2.75, 3.05) is 19.1 Å². The molecule has 1 unspecified atom stereocenters. The van der Waals surface area contributed by atoms with Gasteiger partial charge in [-0.3, -0.25) is 4.90 Å². The van der Waals surface area contributed by atoms with E-state index in [4.69, 9.17) is 14.0 Å². The highest BCUT2D eigenvalue weighted by Gasteiger charge is 2.55. The summed E-state index contributed by atoms with van der Waals surface area (Å²) >= 11 is 0. The van der Waals surface area contributed by atoms with Gasteiger partial charge in [-0.05, 0) is 67.9 Å². The molecule has 244 valence electrons. The van der Waals surface area contributed by atoms with Crippen LogP contribution in [-0.2, 0) is 18.9 Å². The highest BCUT2D eigenvalue weighted by atomic mass is 19.4. The molecule has 4 aromatic rings. The number of carbonyl (C=O) groups excluding carboxylic acids is 1. The molecular weight excluding hydrogens is 626 g/mol. The predicted octanol–water partition coefficient (Wildman–Crippen LogP) is 6.07. The second kappa shape index (κ2) is 11.3. The molecule has 2 amide bonds. The van der Waals surface area contributed by atoms with Crippen LogP contribution in [-0.4, -0.2) is 40.0 Å². The van der Waals surface area contributed by atoms with Gasteiger partial charge in [-0.25, -0.2) is 14.4 Å². The third-order valence-corrected chi connectivity index (χ3v) is 7.61. The second-order valence-electron chi connectivity index (χ2n) is 10.9. The van der Waals surface area contributed by atoms with Crippen molar-refractivity contribution in [1.29, 1.82) is 0 Å². The smallest absolute Gasteiger partial charge is 0.447 e. The number of hydrogen-bond donors (Lipinski definition) is 0. The van der Waals surface area contributed by atoms with Gasteiger partial charge in [0.2, 0.25) is 0 Å². The summed E-state index contributed by atoms with van der Waals surface area (Å²) in [5.41, 5.74) is -5.28. The molecule has 0 saturated carbocycles. The van der Waals surface area contributed by atoms with Gasteiger partial charge >= 0.3 is 29.8 Å². The second-order valence-corrected chi connectivity index (χ2v) is 10.9. The van der Waals surface area contributed by atoms with E-state index in [0.717, 1.165) is 35.2 Å². The first-order chi connectivity index (χ1) is 21.5. The standard InChI is InChI=1S/C30H26F6N4O6/c1-28(2)24(40-26(42)39(27(43)46-40)21-10-6-8-19(14-21)30(34,35)36)38(20-9-5-7-18(13-20)29(31,32)33)25(41)37(28)16-17-11-22(44-3)15-23(12-17)45-4/h5-15,24H,16H2,1-4H3. The molecule has 0 N–H and O–H groups in total. The molecule has 2 heterocycles. The van der Waals surface area contributed by atoms with E-state index in [-0.39, 0.29) is 12.2 Å². The first-order valence-corrected chi connectivity index (χ1v) is 13.5. The summed E-state index contributed by atoms with van der Waals surface area (Å²) in [4.78, 5) is 43.0.